The van der Waals surface area contributed by atoms with E-state index in [1.165, 1.54) is 0 Å². The maximum absolute atomic E-state index is 11.1. The summed E-state index contributed by atoms with van der Waals surface area (Å²) in [4.78, 5) is 26.0. The average Bonchev–Trinajstić information content (AvgIpc) is 2.54. The first-order valence-electron chi connectivity index (χ1n) is 6.49. The van der Waals surface area contributed by atoms with Crippen LogP contribution in [0.4, 0.5) is 0 Å². The van der Waals surface area contributed by atoms with Gasteiger partial charge < -0.3 is 15.3 Å². The summed E-state index contributed by atoms with van der Waals surface area (Å²) in [6.45, 7) is 4.57. The van der Waals surface area contributed by atoms with Crippen LogP contribution < -0.4 is 5.32 Å². The third kappa shape index (κ3) is 5.97. The highest BCUT2D eigenvalue weighted by atomic mass is 16.4. The van der Waals surface area contributed by atoms with Crippen LogP contribution in [0.3, 0.4) is 0 Å². The Morgan fingerprint density at radius 3 is 2.50 bits per heavy atom. The molecule has 1 amide bonds. The van der Waals surface area contributed by atoms with Crippen molar-refractivity contribution in [2.75, 3.05) is 46.3 Å². The van der Waals surface area contributed by atoms with Crippen molar-refractivity contribution in [2.24, 2.45) is 0 Å². The fraction of sp³-hybridized carbons (Fsp3) is 0.833. The van der Waals surface area contributed by atoms with E-state index in [1.54, 1.807) is 7.05 Å². The predicted molar refractivity (Wildman–Crippen MR) is 68.4 cm³/mol. The number of hydrogen-bond acceptors (Lipinski definition) is 4. The van der Waals surface area contributed by atoms with Gasteiger partial charge in [0.25, 0.3) is 0 Å². The molecule has 1 heterocycles. The Kier molecular flexibility index (Phi) is 6.67. The van der Waals surface area contributed by atoms with Crippen LogP contribution in [0.15, 0.2) is 0 Å². The number of aliphatic carboxylic acids is 1. The first kappa shape index (κ1) is 14.9. The fourth-order valence-electron chi connectivity index (χ4n) is 2.19. The Morgan fingerprint density at radius 1 is 1.17 bits per heavy atom. The lowest BCUT2D eigenvalue weighted by Crippen LogP contribution is -2.34. The molecule has 6 heteroatoms. The van der Waals surface area contributed by atoms with Gasteiger partial charge in [-0.3, -0.25) is 14.5 Å². The Bertz CT molecular complexity index is 284. The zero-order chi connectivity index (χ0) is 13.4. The van der Waals surface area contributed by atoms with Crippen molar-refractivity contribution in [3.8, 4) is 0 Å². The summed E-state index contributed by atoms with van der Waals surface area (Å²) in [6, 6.07) is 0. The van der Waals surface area contributed by atoms with Crippen molar-refractivity contribution in [1.29, 1.82) is 0 Å². The average molecular weight is 257 g/mol. The van der Waals surface area contributed by atoms with Crippen LogP contribution in [0.1, 0.15) is 19.3 Å². The molecule has 0 saturated carbocycles. The van der Waals surface area contributed by atoms with Crippen LogP contribution in [0.2, 0.25) is 0 Å². The van der Waals surface area contributed by atoms with Crippen LogP contribution in [0.25, 0.3) is 0 Å². The lowest BCUT2D eigenvalue weighted by atomic mass is 10.2. The van der Waals surface area contributed by atoms with E-state index >= 15 is 0 Å². The summed E-state index contributed by atoms with van der Waals surface area (Å²) in [5.41, 5.74) is 0. The normalized spacial score (nSPS) is 18.3. The third-order valence-corrected chi connectivity index (χ3v) is 3.20. The van der Waals surface area contributed by atoms with E-state index in [0.717, 1.165) is 45.6 Å². The van der Waals surface area contributed by atoms with Gasteiger partial charge in [-0.05, 0) is 25.9 Å². The predicted octanol–water partition coefficient (Wildman–Crippen LogP) is -0.395. The van der Waals surface area contributed by atoms with Gasteiger partial charge in [-0.15, -0.1) is 0 Å². The number of carboxylic acid groups (broad SMARTS) is 1. The molecule has 1 saturated heterocycles. The highest BCUT2D eigenvalue weighted by Gasteiger charge is 2.16. The summed E-state index contributed by atoms with van der Waals surface area (Å²) >= 11 is 0. The molecule has 2 N–H and O–H groups in total. The van der Waals surface area contributed by atoms with Gasteiger partial charge >= 0.3 is 5.97 Å². The van der Waals surface area contributed by atoms with Crippen molar-refractivity contribution in [1.82, 2.24) is 15.1 Å². The van der Waals surface area contributed by atoms with E-state index in [2.05, 4.69) is 10.2 Å². The van der Waals surface area contributed by atoms with Gasteiger partial charge in [0.2, 0.25) is 5.91 Å². The lowest BCUT2D eigenvalue weighted by molar-refractivity contribution is -0.138. The molecule has 104 valence electrons. The molecular weight excluding hydrogens is 234 g/mol. The minimum absolute atomic E-state index is 0.0809. The van der Waals surface area contributed by atoms with Crippen LogP contribution >= 0.6 is 0 Å². The Hall–Kier alpha value is -1.14. The number of carbonyl (C=O) groups is 2. The minimum atomic E-state index is -0.761. The second-order valence-corrected chi connectivity index (χ2v) is 4.64. The summed E-state index contributed by atoms with van der Waals surface area (Å²) < 4.78 is 0. The number of hydrogen-bond donors (Lipinski definition) is 2. The van der Waals surface area contributed by atoms with Crippen LogP contribution in [0, 0.1) is 0 Å². The third-order valence-electron chi connectivity index (χ3n) is 3.20. The first-order valence-corrected chi connectivity index (χ1v) is 6.49. The van der Waals surface area contributed by atoms with Crippen molar-refractivity contribution >= 4 is 11.9 Å². The van der Waals surface area contributed by atoms with E-state index in [4.69, 9.17) is 5.11 Å². The Balaban J connectivity index is 2.20. The second-order valence-electron chi connectivity index (χ2n) is 4.64. The van der Waals surface area contributed by atoms with Gasteiger partial charge in [-0.25, -0.2) is 0 Å². The molecule has 0 aromatic rings. The molecule has 0 atom stereocenters. The fourth-order valence-corrected chi connectivity index (χ4v) is 2.19. The largest absolute Gasteiger partial charge is 0.480 e. The first-order chi connectivity index (χ1) is 8.61. The molecule has 18 heavy (non-hydrogen) atoms. The number of carbonyl (C=O) groups excluding carboxylic acids is 1. The zero-order valence-corrected chi connectivity index (χ0v) is 11.0. The summed E-state index contributed by atoms with van der Waals surface area (Å²) in [7, 11) is 1.65. The monoisotopic (exact) mass is 257 g/mol. The molecule has 1 fully saturated rings. The Labute approximate surface area is 108 Å². The smallest absolute Gasteiger partial charge is 0.317 e. The molecule has 1 aliphatic rings. The van der Waals surface area contributed by atoms with Crippen molar-refractivity contribution in [2.45, 2.75) is 19.3 Å². The highest BCUT2D eigenvalue weighted by molar-refractivity contribution is 5.75. The Morgan fingerprint density at radius 2 is 1.83 bits per heavy atom. The number of carboxylic acids is 1. The molecule has 0 bridgehead atoms. The standard InChI is InChI=1S/C12H23N3O3/c1-13-11(16)4-2-5-14-6-3-7-15(9-8-14)10-12(17)18/h2-10H2,1H3,(H,13,16)(H,17,18). The van der Waals surface area contributed by atoms with Crippen molar-refractivity contribution in [3.63, 3.8) is 0 Å². The number of nitrogens with zero attached hydrogens (tertiary/aromatic N) is 2. The molecule has 0 radical (unpaired) electrons. The van der Waals surface area contributed by atoms with Crippen LogP contribution in [-0.2, 0) is 9.59 Å². The van der Waals surface area contributed by atoms with Crippen molar-refractivity contribution < 1.29 is 14.7 Å². The molecule has 1 aliphatic heterocycles. The van der Waals surface area contributed by atoms with Gasteiger partial charge in [0.1, 0.15) is 0 Å². The second kappa shape index (κ2) is 8.05. The quantitative estimate of drug-likeness (QED) is 0.678. The number of nitrogens with one attached hydrogen (secondary N) is 1. The summed E-state index contributed by atoms with van der Waals surface area (Å²) in [6.07, 6.45) is 2.41. The van der Waals surface area contributed by atoms with E-state index in [1.807, 2.05) is 4.90 Å². The summed E-state index contributed by atoms with van der Waals surface area (Å²) in [5.74, 6) is -0.680. The van der Waals surface area contributed by atoms with Gasteiger partial charge in [0, 0.05) is 33.1 Å². The molecule has 1 rings (SSSR count). The lowest BCUT2D eigenvalue weighted by Gasteiger charge is -2.20. The minimum Gasteiger partial charge on any atom is -0.480 e. The molecular formula is C12H23N3O3. The molecule has 0 aromatic carbocycles. The number of rotatable bonds is 6. The molecule has 6 nitrogen and oxygen atoms in total. The van der Waals surface area contributed by atoms with E-state index in [9.17, 15) is 9.59 Å². The van der Waals surface area contributed by atoms with E-state index in [0.29, 0.717) is 6.42 Å². The summed E-state index contributed by atoms with van der Waals surface area (Å²) in [5, 5.41) is 11.4. The van der Waals surface area contributed by atoms with Gasteiger partial charge in [0.05, 0.1) is 6.54 Å². The van der Waals surface area contributed by atoms with Crippen molar-refractivity contribution in [3.05, 3.63) is 0 Å². The zero-order valence-electron chi connectivity index (χ0n) is 11.0. The molecule has 0 spiro atoms. The van der Waals surface area contributed by atoms with E-state index in [-0.39, 0.29) is 12.5 Å². The molecule has 0 aromatic heterocycles. The topological polar surface area (TPSA) is 72.9 Å². The van der Waals surface area contributed by atoms with Gasteiger partial charge in [-0.2, -0.15) is 0 Å². The maximum atomic E-state index is 11.1. The van der Waals surface area contributed by atoms with Gasteiger partial charge in [0.15, 0.2) is 0 Å². The van der Waals surface area contributed by atoms with Crippen LogP contribution in [-0.4, -0.2) is 73.1 Å². The van der Waals surface area contributed by atoms with E-state index < -0.39 is 5.97 Å². The maximum Gasteiger partial charge on any atom is 0.317 e. The number of amides is 1. The molecule has 0 unspecified atom stereocenters. The highest BCUT2D eigenvalue weighted by Crippen LogP contribution is 2.04. The molecule has 0 aliphatic carbocycles. The van der Waals surface area contributed by atoms with Gasteiger partial charge in [-0.1, -0.05) is 0 Å². The SMILES string of the molecule is CNC(=O)CCCN1CCCN(CC(=O)O)CC1. The van der Waals surface area contributed by atoms with Crippen LogP contribution in [0.5, 0.6) is 0 Å².